The van der Waals surface area contributed by atoms with Crippen LogP contribution >= 0.6 is 0 Å². The third-order valence-electron chi connectivity index (χ3n) is 9.52. The van der Waals surface area contributed by atoms with Crippen molar-refractivity contribution in [3.8, 4) is 0 Å². The Labute approximate surface area is 253 Å². The van der Waals surface area contributed by atoms with Crippen molar-refractivity contribution < 1.29 is 4.79 Å². The molecule has 1 N–H and O–H groups in total. The van der Waals surface area contributed by atoms with E-state index < -0.39 is 0 Å². The Morgan fingerprint density at radius 3 is 2.40 bits per heavy atom. The highest BCUT2D eigenvalue weighted by Gasteiger charge is 2.27. The monoisotopic (exact) mass is 560 g/mol. The highest BCUT2D eigenvalue weighted by Crippen LogP contribution is 2.46. The molecule has 0 unspecified atom stereocenters. The van der Waals surface area contributed by atoms with Gasteiger partial charge in [-0.3, -0.25) is 9.79 Å². The minimum atomic E-state index is 0.132. The molecule has 2 aromatic carbocycles. The van der Waals surface area contributed by atoms with Crippen LogP contribution in [0.4, 0.5) is 5.69 Å². The van der Waals surface area contributed by atoms with Gasteiger partial charge in [0.25, 0.3) is 0 Å². The van der Waals surface area contributed by atoms with E-state index in [1.807, 2.05) is 6.07 Å². The number of rotatable bonds is 6. The second kappa shape index (κ2) is 13.2. The summed E-state index contributed by atoms with van der Waals surface area (Å²) in [7, 11) is 0. The molecule has 0 spiro atoms. The van der Waals surface area contributed by atoms with Crippen molar-refractivity contribution in [2.75, 3.05) is 11.9 Å². The number of aryl methyl sites for hydroxylation is 2. The number of hydrogen-bond donors (Lipinski definition) is 1. The quantitative estimate of drug-likeness (QED) is 0.282. The molecule has 0 bridgehead atoms. The molecular formula is C39H48N2O. The number of benzene rings is 2. The van der Waals surface area contributed by atoms with E-state index in [9.17, 15) is 4.79 Å². The maximum absolute atomic E-state index is 12.2. The Kier molecular flexibility index (Phi) is 9.46. The topological polar surface area (TPSA) is 41.5 Å². The number of anilines is 1. The lowest BCUT2D eigenvalue weighted by Gasteiger charge is -2.30. The molecule has 0 amide bonds. The van der Waals surface area contributed by atoms with E-state index in [4.69, 9.17) is 0 Å². The summed E-state index contributed by atoms with van der Waals surface area (Å²) in [6.45, 7) is 15.7. The molecule has 0 radical (unpaired) electrons. The summed E-state index contributed by atoms with van der Waals surface area (Å²) in [5, 5.41) is 3.91. The molecule has 3 aliphatic rings. The Morgan fingerprint density at radius 1 is 0.952 bits per heavy atom. The summed E-state index contributed by atoms with van der Waals surface area (Å²) >= 11 is 0. The normalized spacial score (nSPS) is 19.5. The van der Waals surface area contributed by atoms with Crippen molar-refractivity contribution in [2.45, 2.75) is 98.8 Å². The van der Waals surface area contributed by atoms with E-state index in [2.05, 4.69) is 81.0 Å². The summed E-state index contributed by atoms with van der Waals surface area (Å²) in [5.74, 6) is 0.678. The number of allylic oxidation sites excluding steroid dienone is 6. The van der Waals surface area contributed by atoms with Crippen LogP contribution in [0.5, 0.6) is 0 Å². The minimum absolute atomic E-state index is 0.132. The largest absolute Gasteiger partial charge is 0.384 e. The third kappa shape index (κ3) is 6.46. The van der Waals surface area contributed by atoms with Gasteiger partial charge in [-0.15, -0.1) is 0 Å². The van der Waals surface area contributed by atoms with E-state index in [1.54, 1.807) is 6.92 Å². The van der Waals surface area contributed by atoms with E-state index in [-0.39, 0.29) is 5.78 Å². The SMILES string of the molecule is C=C(/C=C\c1c(C)ccc2c1NCCCCC/C2=C(\c1ccc(C(C)=O)cc1C)C1CCCCC1)C1=C(C)N=C(C)C1. The Hall–Kier alpha value is -3.46. The number of nitrogens with one attached hydrogen (secondary N) is 1. The van der Waals surface area contributed by atoms with Gasteiger partial charge in [-0.25, -0.2) is 0 Å². The average molecular weight is 561 g/mol. The molecule has 0 saturated heterocycles. The maximum Gasteiger partial charge on any atom is 0.159 e. The molecule has 2 aromatic rings. The van der Waals surface area contributed by atoms with Crippen LogP contribution in [-0.2, 0) is 0 Å². The van der Waals surface area contributed by atoms with Crippen LogP contribution in [0, 0.1) is 19.8 Å². The van der Waals surface area contributed by atoms with Gasteiger partial charge in [0.1, 0.15) is 0 Å². The van der Waals surface area contributed by atoms with Gasteiger partial charge >= 0.3 is 0 Å². The zero-order valence-corrected chi connectivity index (χ0v) is 26.5. The van der Waals surface area contributed by atoms with E-state index >= 15 is 0 Å². The van der Waals surface area contributed by atoms with Crippen molar-refractivity contribution in [1.82, 2.24) is 0 Å². The highest BCUT2D eigenvalue weighted by molar-refractivity contribution is 5.99. The number of hydrogen-bond acceptors (Lipinski definition) is 3. The van der Waals surface area contributed by atoms with Crippen molar-refractivity contribution in [2.24, 2.45) is 10.9 Å². The fourth-order valence-corrected chi connectivity index (χ4v) is 7.22. The second-order valence-corrected chi connectivity index (χ2v) is 12.7. The molecule has 5 rings (SSSR count). The molecule has 1 fully saturated rings. The van der Waals surface area contributed by atoms with Gasteiger partial charge < -0.3 is 5.32 Å². The molecule has 0 atom stereocenters. The molecule has 3 nitrogen and oxygen atoms in total. The van der Waals surface area contributed by atoms with Gasteiger partial charge in [0.2, 0.25) is 0 Å². The van der Waals surface area contributed by atoms with E-state index in [1.165, 1.54) is 102 Å². The van der Waals surface area contributed by atoms with Crippen LogP contribution in [0.1, 0.15) is 123 Å². The van der Waals surface area contributed by atoms with Crippen LogP contribution < -0.4 is 5.32 Å². The molecule has 220 valence electrons. The molecule has 0 aromatic heterocycles. The molecule has 3 heteroatoms. The molecule has 1 saturated carbocycles. The second-order valence-electron chi connectivity index (χ2n) is 12.7. The molecular weight excluding hydrogens is 512 g/mol. The summed E-state index contributed by atoms with van der Waals surface area (Å²) in [4.78, 5) is 16.9. The van der Waals surface area contributed by atoms with Crippen LogP contribution in [0.3, 0.4) is 0 Å². The number of ketones is 1. The third-order valence-corrected chi connectivity index (χ3v) is 9.52. The fraction of sp³-hybridized carbons (Fsp3) is 0.436. The lowest BCUT2D eigenvalue weighted by atomic mass is 9.75. The first-order valence-corrected chi connectivity index (χ1v) is 16.1. The van der Waals surface area contributed by atoms with E-state index in [0.717, 1.165) is 41.9 Å². The maximum atomic E-state index is 12.2. The molecule has 1 aliphatic carbocycles. The van der Waals surface area contributed by atoms with Gasteiger partial charge in [0.15, 0.2) is 5.78 Å². The van der Waals surface area contributed by atoms with Crippen LogP contribution in [-0.4, -0.2) is 18.0 Å². The first-order valence-electron chi connectivity index (χ1n) is 16.1. The number of aliphatic imine (C=N–C) groups is 1. The van der Waals surface area contributed by atoms with Gasteiger partial charge in [-0.1, -0.05) is 68.7 Å². The van der Waals surface area contributed by atoms with Crippen molar-refractivity contribution in [3.05, 3.63) is 93.2 Å². The van der Waals surface area contributed by atoms with Gasteiger partial charge in [0.05, 0.1) is 0 Å². The fourth-order valence-electron chi connectivity index (χ4n) is 7.22. The predicted octanol–water partition coefficient (Wildman–Crippen LogP) is 10.7. The molecule has 2 heterocycles. The Balaban J connectivity index is 1.68. The van der Waals surface area contributed by atoms with Gasteiger partial charge in [0, 0.05) is 46.8 Å². The van der Waals surface area contributed by atoms with Crippen LogP contribution in [0.15, 0.2) is 64.8 Å². The van der Waals surface area contributed by atoms with Crippen molar-refractivity contribution in [3.63, 3.8) is 0 Å². The summed E-state index contributed by atoms with van der Waals surface area (Å²) < 4.78 is 0. The van der Waals surface area contributed by atoms with Gasteiger partial charge in [-0.05, 0) is 118 Å². The average Bonchev–Trinajstić information content (AvgIpc) is 3.36. The Bertz CT molecular complexity index is 1510. The van der Waals surface area contributed by atoms with Gasteiger partial charge in [-0.2, -0.15) is 0 Å². The van der Waals surface area contributed by atoms with Crippen molar-refractivity contribution in [1.29, 1.82) is 0 Å². The molecule has 2 aliphatic heterocycles. The van der Waals surface area contributed by atoms with Crippen molar-refractivity contribution >= 4 is 34.4 Å². The smallest absolute Gasteiger partial charge is 0.159 e. The minimum Gasteiger partial charge on any atom is -0.384 e. The lowest BCUT2D eigenvalue weighted by Crippen LogP contribution is -2.13. The highest BCUT2D eigenvalue weighted by atomic mass is 16.1. The number of carbonyl (C=O) groups is 1. The summed E-state index contributed by atoms with van der Waals surface area (Å²) in [5.41, 5.74) is 16.0. The zero-order chi connectivity index (χ0) is 29.8. The van der Waals surface area contributed by atoms with Crippen LogP contribution in [0.2, 0.25) is 0 Å². The number of Topliss-reactive ketones (excluding diaryl/α,β-unsaturated/α-hetero) is 1. The number of nitrogens with zero attached hydrogens (tertiary/aromatic N) is 1. The number of carbonyl (C=O) groups excluding carboxylic acids is 1. The van der Waals surface area contributed by atoms with E-state index in [0.29, 0.717) is 5.92 Å². The summed E-state index contributed by atoms with van der Waals surface area (Å²) in [6.07, 6.45) is 16.4. The first kappa shape index (κ1) is 30.0. The predicted molar refractivity (Wildman–Crippen MR) is 181 cm³/mol. The standard InChI is InChI=1S/C39H48N2O/c1-25-17-20-36-35(38(31-13-9-7-10-14-31)33-21-18-32(30(6)42)23-27(33)3)15-11-8-12-22-40-39(36)34(25)19-16-26(2)37-24-28(4)41-29(37)5/h16-21,23,31,40H,2,7-15,22,24H2,1,3-6H3/b19-16-,38-35+. The number of fused-ring (bicyclic) bond motifs is 1. The van der Waals surface area contributed by atoms with Crippen LogP contribution in [0.25, 0.3) is 17.2 Å². The summed E-state index contributed by atoms with van der Waals surface area (Å²) in [6, 6.07) is 11.1. The zero-order valence-electron chi connectivity index (χ0n) is 26.5. The molecule has 42 heavy (non-hydrogen) atoms. The lowest BCUT2D eigenvalue weighted by molar-refractivity contribution is 0.101. The first-order chi connectivity index (χ1) is 20.2. The Morgan fingerprint density at radius 2 is 1.71 bits per heavy atom.